The van der Waals surface area contributed by atoms with E-state index in [0.29, 0.717) is 11.1 Å². The molecular weight excluding hydrogens is 530 g/mol. The number of carbonyl (C=O) groups is 3. The van der Waals surface area contributed by atoms with Crippen molar-refractivity contribution in [3.05, 3.63) is 93.2 Å². The molecule has 1 aliphatic rings. The van der Waals surface area contributed by atoms with Gasteiger partial charge in [-0.25, -0.2) is 0 Å². The Labute approximate surface area is 249 Å². The van der Waals surface area contributed by atoms with Crippen LogP contribution in [0.5, 0.6) is 0 Å². The summed E-state index contributed by atoms with van der Waals surface area (Å²) in [7, 11) is 1.87. The second kappa shape index (κ2) is 19.1. The SMILES string of the molecule is C#Cc1cc(C2(NC(=O)c3ccccc3CNC(=O)C=O)CC2)ccc1CC.C=C(C#CCNC)S/C=C\C.CC. The zero-order chi connectivity index (χ0) is 30.7. The summed E-state index contributed by atoms with van der Waals surface area (Å²) in [6.07, 6.45) is 10.4. The van der Waals surface area contributed by atoms with Crippen molar-refractivity contribution in [2.45, 2.75) is 59.0 Å². The van der Waals surface area contributed by atoms with E-state index in [-0.39, 0.29) is 18.7 Å². The third-order valence-electron chi connectivity index (χ3n) is 5.96. The van der Waals surface area contributed by atoms with Gasteiger partial charge in [-0.2, -0.15) is 0 Å². The molecule has 0 heterocycles. The molecule has 0 atom stereocenters. The number of allylic oxidation sites excluding steroid dienone is 2. The summed E-state index contributed by atoms with van der Waals surface area (Å²) in [6, 6.07) is 13.1. The highest BCUT2D eigenvalue weighted by Gasteiger charge is 2.46. The number of rotatable bonds is 10. The standard InChI is InChI=1S/C23H22N2O3.C9H13NS.C2H6/c1-3-16-9-10-19(13-17(16)4-2)23(11-12-23)25-22(28)20-8-6-5-7-18(20)14-24-21(27)15-26;1-4-8-11-9(2)6-5-7-10-3;1-2/h2,5-10,13,15H,3,11-12,14H2,1H3,(H,24,27)(H,25,28);4,8,10H,2,7H2,1,3H3;1-2H3/b;8-4-;. The van der Waals surface area contributed by atoms with Crippen LogP contribution in [-0.2, 0) is 28.1 Å². The first kappa shape index (κ1) is 35.0. The van der Waals surface area contributed by atoms with Crippen molar-refractivity contribution in [1.82, 2.24) is 16.0 Å². The Balaban J connectivity index is 0.000000547. The van der Waals surface area contributed by atoms with E-state index >= 15 is 0 Å². The van der Waals surface area contributed by atoms with E-state index in [1.807, 2.05) is 57.5 Å². The normalized spacial score (nSPS) is 12.1. The van der Waals surface area contributed by atoms with Crippen LogP contribution in [0, 0.1) is 24.2 Å². The van der Waals surface area contributed by atoms with Gasteiger partial charge in [0.1, 0.15) is 0 Å². The van der Waals surface area contributed by atoms with Crippen molar-refractivity contribution in [1.29, 1.82) is 0 Å². The average molecular weight is 572 g/mol. The lowest BCUT2D eigenvalue weighted by Crippen LogP contribution is -2.36. The second-order valence-electron chi connectivity index (χ2n) is 8.74. The van der Waals surface area contributed by atoms with Gasteiger partial charge in [0.05, 0.1) is 17.0 Å². The Hall–Kier alpha value is -4.04. The molecule has 6 nitrogen and oxygen atoms in total. The highest BCUT2D eigenvalue weighted by molar-refractivity contribution is 8.06. The number of hydrogen-bond acceptors (Lipinski definition) is 5. The van der Waals surface area contributed by atoms with Crippen LogP contribution in [0.4, 0.5) is 0 Å². The molecule has 2 aromatic rings. The van der Waals surface area contributed by atoms with Gasteiger partial charge < -0.3 is 16.0 Å². The lowest BCUT2D eigenvalue weighted by atomic mass is 9.96. The highest BCUT2D eigenvalue weighted by atomic mass is 32.2. The molecule has 1 fully saturated rings. The number of hydrogen-bond donors (Lipinski definition) is 3. The van der Waals surface area contributed by atoms with Crippen molar-refractivity contribution in [2.24, 2.45) is 0 Å². The quantitative estimate of drug-likeness (QED) is 0.200. The maximum absolute atomic E-state index is 13.0. The minimum absolute atomic E-state index is 0.112. The minimum atomic E-state index is -0.716. The first-order valence-corrected chi connectivity index (χ1v) is 14.6. The van der Waals surface area contributed by atoms with Crippen molar-refractivity contribution in [3.63, 3.8) is 0 Å². The predicted molar refractivity (Wildman–Crippen MR) is 171 cm³/mol. The Kier molecular flexibility index (Phi) is 16.3. The molecule has 216 valence electrons. The van der Waals surface area contributed by atoms with Crippen LogP contribution in [0.15, 0.2) is 65.4 Å². The van der Waals surface area contributed by atoms with Crippen LogP contribution in [-0.4, -0.2) is 31.7 Å². The number of amides is 2. The predicted octanol–water partition coefficient (Wildman–Crippen LogP) is 5.48. The maximum atomic E-state index is 13.0. The van der Waals surface area contributed by atoms with Crippen LogP contribution in [0.3, 0.4) is 0 Å². The molecule has 1 saturated carbocycles. The molecule has 1 aliphatic carbocycles. The Morgan fingerprint density at radius 3 is 2.44 bits per heavy atom. The summed E-state index contributed by atoms with van der Waals surface area (Å²) >= 11 is 1.55. The van der Waals surface area contributed by atoms with E-state index in [4.69, 9.17) is 6.42 Å². The number of aldehydes is 1. The molecule has 2 amide bonds. The summed E-state index contributed by atoms with van der Waals surface area (Å²) in [6.45, 7) is 12.6. The van der Waals surface area contributed by atoms with Crippen LogP contribution in [0.25, 0.3) is 0 Å². The molecule has 41 heavy (non-hydrogen) atoms. The largest absolute Gasteiger partial charge is 0.346 e. The van der Waals surface area contributed by atoms with Crippen molar-refractivity contribution in [2.75, 3.05) is 13.6 Å². The molecule has 0 radical (unpaired) electrons. The van der Waals surface area contributed by atoms with E-state index < -0.39 is 11.4 Å². The molecule has 0 bridgehead atoms. The zero-order valence-electron chi connectivity index (χ0n) is 24.7. The van der Waals surface area contributed by atoms with Crippen molar-refractivity contribution >= 4 is 29.9 Å². The van der Waals surface area contributed by atoms with E-state index in [9.17, 15) is 14.4 Å². The highest BCUT2D eigenvalue weighted by Crippen LogP contribution is 2.46. The molecule has 0 saturated heterocycles. The first-order valence-electron chi connectivity index (χ1n) is 13.7. The fourth-order valence-corrected chi connectivity index (χ4v) is 4.17. The molecule has 2 aromatic carbocycles. The van der Waals surface area contributed by atoms with Gasteiger partial charge in [0.2, 0.25) is 6.29 Å². The van der Waals surface area contributed by atoms with E-state index in [0.717, 1.165) is 47.4 Å². The summed E-state index contributed by atoms with van der Waals surface area (Å²) in [5, 5.41) is 10.5. The molecule has 3 rings (SSSR count). The van der Waals surface area contributed by atoms with Crippen LogP contribution in [0.1, 0.15) is 73.1 Å². The van der Waals surface area contributed by atoms with Crippen molar-refractivity contribution in [3.8, 4) is 24.2 Å². The van der Waals surface area contributed by atoms with E-state index in [2.05, 4.69) is 47.2 Å². The number of aryl methyl sites for hydroxylation is 1. The molecular formula is C34H41N3O3S. The Morgan fingerprint density at radius 1 is 1.15 bits per heavy atom. The lowest BCUT2D eigenvalue weighted by molar-refractivity contribution is -0.131. The smallest absolute Gasteiger partial charge is 0.284 e. The second-order valence-corrected chi connectivity index (χ2v) is 9.74. The van der Waals surface area contributed by atoms with Crippen LogP contribution >= 0.6 is 11.8 Å². The van der Waals surface area contributed by atoms with Crippen LogP contribution < -0.4 is 16.0 Å². The van der Waals surface area contributed by atoms with Gasteiger partial charge in [0.25, 0.3) is 11.8 Å². The minimum Gasteiger partial charge on any atom is -0.346 e. The molecule has 0 spiro atoms. The zero-order valence-corrected chi connectivity index (χ0v) is 25.5. The van der Waals surface area contributed by atoms with Gasteiger partial charge in [-0.3, -0.25) is 14.4 Å². The van der Waals surface area contributed by atoms with E-state index in [1.165, 1.54) is 0 Å². The third kappa shape index (κ3) is 11.5. The van der Waals surface area contributed by atoms with Gasteiger partial charge in [0, 0.05) is 17.7 Å². The first-order chi connectivity index (χ1) is 19.8. The number of benzene rings is 2. The number of nitrogens with one attached hydrogen (secondary N) is 3. The van der Waals surface area contributed by atoms with Gasteiger partial charge in [-0.15, -0.1) is 6.42 Å². The fourth-order valence-electron chi connectivity index (χ4n) is 3.74. The maximum Gasteiger partial charge on any atom is 0.284 e. The van der Waals surface area contributed by atoms with Gasteiger partial charge in [-0.05, 0) is 67.5 Å². The molecule has 0 aromatic heterocycles. The van der Waals surface area contributed by atoms with Gasteiger partial charge in [0.15, 0.2) is 0 Å². The lowest BCUT2D eigenvalue weighted by Gasteiger charge is -2.20. The average Bonchev–Trinajstić information content (AvgIpc) is 3.80. The molecule has 3 N–H and O–H groups in total. The molecule has 0 aliphatic heterocycles. The summed E-state index contributed by atoms with van der Waals surface area (Å²) < 4.78 is 0. The third-order valence-corrected chi connectivity index (χ3v) is 6.76. The number of terminal acetylenes is 1. The number of carbonyl (C=O) groups excluding carboxylic acids is 3. The van der Waals surface area contributed by atoms with Crippen LogP contribution in [0.2, 0.25) is 0 Å². The van der Waals surface area contributed by atoms with E-state index in [1.54, 1.807) is 36.0 Å². The Morgan fingerprint density at radius 2 is 1.85 bits per heavy atom. The summed E-state index contributed by atoms with van der Waals surface area (Å²) in [5.41, 5.74) is 3.70. The fraction of sp³-hybridized carbons (Fsp3) is 0.324. The Bertz CT molecular complexity index is 1320. The van der Waals surface area contributed by atoms with Crippen molar-refractivity contribution < 1.29 is 14.4 Å². The summed E-state index contributed by atoms with van der Waals surface area (Å²) in [5.74, 6) is 7.66. The monoisotopic (exact) mass is 571 g/mol. The van der Waals surface area contributed by atoms with Gasteiger partial charge in [-0.1, -0.05) is 93.3 Å². The molecule has 0 unspecified atom stereocenters. The number of thioether (sulfide) groups is 1. The van der Waals surface area contributed by atoms with Gasteiger partial charge >= 0.3 is 0 Å². The topological polar surface area (TPSA) is 87.3 Å². The molecule has 7 heteroatoms. The summed E-state index contributed by atoms with van der Waals surface area (Å²) in [4.78, 5) is 35.5.